The van der Waals surface area contributed by atoms with Gasteiger partial charge in [-0.2, -0.15) is 5.10 Å². The Morgan fingerprint density at radius 3 is 2.64 bits per heavy atom. The van der Waals surface area contributed by atoms with E-state index in [2.05, 4.69) is 10.5 Å². The van der Waals surface area contributed by atoms with Crippen molar-refractivity contribution in [2.75, 3.05) is 0 Å². The van der Waals surface area contributed by atoms with Gasteiger partial charge in [0.2, 0.25) is 0 Å². The number of hydrogen-bond acceptors (Lipinski definition) is 3. The molecule has 0 amide bonds. The summed E-state index contributed by atoms with van der Waals surface area (Å²) in [6, 6.07) is 0.538. The lowest BCUT2D eigenvalue weighted by atomic mass is 10.1. The van der Waals surface area contributed by atoms with E-state index in [0.29, 0.717) is 6.04 Å². The molecule has 4 nitrogen and oxygen atoms in total. The molecular weight excluding hydrogens is 180 g/mol. The quantitative estimate of drug-likeness (QED) is 0.522. The van der Waals surface area contributed by atoms with E-state index in [1.165, 1.54) is 12.8 Å². The van der Waals surface area contributed by atoms with Crippen LogP contribution in [0.25, 0.3) is 0 Å². The molecule has 1 unspecified atom stereocenters. The van der Waals surface area contributed by atoms with Crippen LogP contribution in [0.15, 0.2) is 5.10 Å². The zero-order valence-corrected chi connectivity index (χ0v) is 8.53. The summed E-state index contributed by atoms with van der Waals surface area (Å²) in [7, 11) is 0. The Kier molecular flexibility index (Phi) is 2.01. The van der Waals surface area contributed by atoms with Gasteiger partial charge in [0, 0.05) is 18.2 Å². The van der Waals surface area contributed by atoms with E-state index in [9.17, 15) is 4.79 Å². The molecule has 78 valence electrons. The minimum Gasteiger partial charge on any atom is -0.481 e. The first-order valence-corrected chi connectivity index (χ1v) is 5.05. The molecule has 14 heavy (non-hydrogen) atoms. The van der Waals surface area contributed by atoms with Gasteiger partial charge in [-0.3, -0.25) is 4.79 Å². The number of hydrogen-bond donors (Lipinski definition) is 2. The third kappa shape index (κ3) is 1.61. The molecule has 0 aromatic carbocycles. The Balaban J connectivity index is 1.86. The van der Waals surface area contributed by atoms with Crippen LogP contribution in [0.5, 0.6) is 0 Å². The largest absolute Gasteiger partial charge is 0.481 e. The minimum atomic E-state index is -0.710. The van der Waals surface area contributed by atoms with Gasteiger partial charge < -0.3 is 10.5 Å². The normalized spacial score (nSPS) is 34.4. The predicted molar refractivity (Wildman–Crippen MR) is 53.0 cm³/mol. The lowest BCUT2D eigenvalue weighted by Crippen LogP contribution is -2.08. The average molecular weight is 196 g/mol. The van der Waals surface area contributed by atoms with Crippen LogP contribution in [0.3, 0.4) is 0 Å². The topological polar surface area (TPSA) is 61.7 Å². The Bertz CT molecular complexity index is 282. The molecule has 2 N–H and O–H groups in total. The van der Waals surface area contributed by atoms with Crippen LogP contribution in [-0.2, 0) is 4.79 Å². The first-order chi connectivity index (χ1) is 6.53. The summed E-state index contributed by atoms with van der Waals surface area (Å²) >= 11 is 0. The van der Waals surface area contributed by atoms with Crippen molar-refractivity contribution in [1.82, 2.24) is 5.43 Å². The molecule has 0 radical (unpaired) electrons. The molecular formula is C10H16N2O2. The lowest BCUT2D eigenvalue weighted by Gasteiger charge is -1.96. The maximum atomic E-state index is 10.8. The van der Waals surface area contributed by atoms with E-state index in [0.717, 1.165) is 0 Å². The highest BCUT2D eigenvalue weighted by Gasteiger charge is 2.61. The Labute approximate surface area is 83.4 Å². The summed E-state index contributed by atoms with van der Waals surface area (Å²) in [5, 5.41) is 13.0. The number of aliphatic carboxylic acids is 1. The van der Waals surface area contributed by atoms with Gasteiger partial charge in [-0.25, -0.2) is 0 Å². The lowest BCUT2D eigenvalue weighted by molar-refractivity contribution is -0.139. The first-order valence-electron chi connectivity index (χ1n) is 5.05. The molecule has 2 aliphatic rings. The monoisotopic (exact) mass is 196 g/mol. The van der Waals surface area contributed by atoms with Gasteiger partial charge in [-0.05, 0) is 18.3 Å². The van der Waals surface area contributed by atoms with Gasteiger partial charge in [0.25, 0.3) is 0 Å². The molecule has 0 bridgehead atoms. The summed E-state index contributed by atoms with van der Waals surface area (Å²) in [5.41, 5.74) is 2.88. The van der Waals surface area contributed by atoms with Crippen LogP contribution in [0, 0.1) is 17.3 Å². The molecule has 2 atom stereocenters. The molecule has 2 rings (SSSR count). The number of carboxylic acid groups (broad SMARTS) is 1. The summed E-state index contributed by atoms with van der Waals surface area (Å²) in [6.45, 7) is 3.94. The molecule has 0 aromatic rings. The minimum absolute atomic E-state index is 0.0891. The van der Waals surface area contributed by atoms with Gasteiger partial charge in [-0.15, -0.1) is 0 Å². The smallest absolute Gasteiger partial charge is 0.307 e. The van der Waals surface area contributed by atoms with Crippen molar-refractivity contribution in [2.24, 2.45) is 22.4 Å². The fourth-order valence-electron chi connectivity index (χ4n) is 1.87. The van der Waals surface area contributed by atoms with Gasteiger partial charge in [-0.1, -0.05) is 13.8 Å². The summed E-state index contributed by atoms with van der Waals surface area (Å²) in [6.07, 6.45) is 4.14. The van der Waals surface area contributed by atoms with E-state index >= 15 is 0 Å². The Morgan fingerprint density at radius 1 is 1.57 bits per heavy atom. The van der Waals surface area contributed by atoms with Crippen LogP contribution in [-0.4, -0.2) is 23.3 Å². The molecule has 2 fully saturated rings. The maximum absolute atomic E-state index is 10.8. The number of nitrogens with zero attached hydrogens (tertiary/aromatic N) is 1. The van der Waals surface area contributed by atoms with Crippen LogP contribution in [0.4, 0.5) is 0 Å². The molecule has 2 saturated carbocycles. The second-order valence-electron chi connectivity index (χ2n) is 4.84. The summed E-state index contributed by atoms with van der Waals surface area (Å²) < 4.78 is 0. The summed E-state index contributed by atoms with van der Waals surface area (Å²) in [5.74, 6) is -0.878. The maximum Gasteiger partial charge on any atom is 0.307 e. The third-order valence-corrected chi connectivity index (χ3v) is 3.25. The number of rotatable bonds is 4. The molecule has 4 heteroatoms. The Morgan fingerprint density at radius 2 is 2.21 bits per heavy atom. The fraction of sp³-hybridized carbons (Fsp3) is 0.800. The van der Waals surface area contributed by atoms with E-state index in [4.69, 9.17) is 5.11 Å². The number of hydrazone groups is 1. The SMILES string of the molecule is CC1(C)C(/C=N/NC2CC2)[C@H]1C(=O)O. The predicted octanol–water partition coefficient (Wildman–Crippen LogP) is 1.08. The van der Waals surface area contributed by atoms with Gasteiger partial charge in [0.05, 0.1) is 5.92 Å². The highest BCUT2D eigenvalue weighted by atomic mass is 16.4. The van der Waals surface area contributed by atoms with E-state index in [1.807, 2.05) is 13.8 Å². The summed E-state index contributed by atoms with van der Waals surface area (Å²) in [4.78, 5) is 10.8. The van der Waals surface area contributed by atoms with E-state index < -0.39 is 5.97 Å². The van der Waals surface area contributed by atoms with Crippen molar-refractivity contribution in [2.45, 2.75) is 32.7 Å². The molecule has 2 aliphatic carbocycles. The molecule has 0 spiro atoms. The van der Waals surface area contributed by atoms with Crippen LogP contribution in [0.2, 0.25) is 0 Å². The van der Waals surface area contributed by atoms with Crippen molar-refractivity contribution < 1.29 is 9.90 Å². The van der Waals surface area contributed by atoms with Crippen molar-refractivity contribution >= 4 is 12.2 Å². The van der Waals surface area contributed by atoms with Crippen molar-refractivity contribution in [3.63, 3.8) is 0 Å². The second kappa shape index (κ2) is 2.97. The third-order valence-electron chi connectivity index (χ3n) is 3.25. The first kappa shape index (κ1) is 9.49. The van der Waals surface area contributed by atoms with Gasteiger partial charge in [0.15, 0.2) is 0 Å². The number of carbonyl (C=O) groups is 1. The highest BCUT2D eigenvalue weighted by Crippen LogP contribution is 2.57. The van der Waals surface area contributed by atoms with Crippen molar-refractivity contribution in [3.8, 4) is 0 Å². The van der Waals surface area contributed by atoms with E-state index in [1.54, 1.807) is 6.21 Å². The Hall–Kier alpha value is -1.06. The standard InChI is InChI=1S/C10H16N2O2/c1-10(2)7(8(10)9(13)14)5-11-12-6-3-4-6/h5-8,12H,3-4H2,1-2H3,(H,13,14)/b11-5+/t7?,8-/m0/s1. The van der Waals surface area contributed by atoms with Gasteiger partial charge >= 0.3 is 5.97 Å². The second-order valence-corrected chi connectivity index (χ2v) is 4.84. The average Bonchev–Trinajstić information content (AvgIpc) is 2.91. The zero-order chi connectivity index (χ0) is 10.3. The van der Waals surface area contributed by atoms with Crippen molar-refractivity contribution in [1.29, 1.82) is 0 Å². The zero-order valence-electron chi connectivity index (χ0n) is 8.53. The van der Waals surface area contributed by atoms with E-state index in [-0.39, 0.29) is 17.3 Å². The molecule has 0 aliphatic heterocycles. The van der Waals surface area contributed by atoms with Crippen LogP contribution >= 0.6 is 0 Å². The van der Waals surface area contributed by atoms with Crippen LogP contribution < -0.4 is 5.43 Å². The molecule has 0 aromatic heterocycles. The molecule has 0 saturated heterocycles. The number of nitrogens with one attached hydrogen (secondary N) is 1. The van der Waals surface area contributed by atoms with Gasteiger partial charge in [0.1, 0.15) is 0 Å². The van der Waals surface area contributed by atoms with Crippen molar-refractivity contribution in [3.05, 3.63) is 0 Å². The fourth-order valence-corrected chi connectivity index (χ4v) is 1.87. The highest BCUT2D eigenvalue weighted by molar-refractivity contribution is 5.84. The molecule has 0 heterocycles. The number of carboxylic acids is 1. The van der Waals surface area contributed by atoms with Crippen LogP contribution in [0.1, 0.15) is 26.7 Å².